The van der Waals surface area contributed by atoms with Gasteiger partial charge >= 0.3 is 19.1 Å². The number of hydrogen-bond acceptors (Lipinski definition) is 8. The Balaban J connectivity index is 2.00. The number of carbonyl (C=O) groups is 4. The lowest BCUT2D eigenvalue weighted by Crippen LogP contribution is -2.46. The largest absolute Gasteiger partial charge is 0.531 e. The topological polar surface area (TPSA) is 134 Å². The molecule has 0 spiro atoms. The number of nitrogens with one attached hydrogen (secondary N) is 1. The molecule has 1 saturated heterocycles. The number of hydrogen-bond donors (Lipinski definition) is 2. The van der Waals surface area contributed by atoms with Gasteiger partial charge in [-0.1, -0.05) is 37.0 Å². The van der Waals surface area contributed by atoms with Gasteiger partial charge in [0.25, 0.3) is 5.91 Å². The first-order chi connectivity index (χ1) is 15.0. The molecule has 1 heterocycles. The van der Waals surface area contributed by atoms with Crippen LogP contribution in [0.25, 0.3) is 0 Å². The van der Waals surface area contributed by atoms with E-state index in [1.165, 1.54) is 12.1 Å². The number of ether oxygens (including phenoxy) is 1. The average Bonchev–Trinajstić information content (AvgIpc) is 3.13. The summed E-state index contributed by atoms with van der Waals surface area (Å²) in [7, 11) is 0.0954. The summed E-state index contributed by atoms with van der Waals surface area (Å²) in [6.07, 6.45) is -0.848. The maximum absolute atomic E-state index is 12.6. The van der Waals surface area contributed by atoms with Crippen molar-refractivity contribution in [2.75, 3.05) is 13.7 Å². The molecule has 0 bridgehead atoms. The lowest BCUT2D eigenvalue weighted by molar-refractivity contribution is -0.149. The van der Waals surface area contributed by atoms with Crippen LogP contribution in [0.15, 0.2) is 18.2 Å². The molecule has 0 unspecified atom stereocenters. The first-order valence-corrected chi connectivity index (χ1v) is 10.7. The second-order valence-corrected chi connectivity index (χ2v) is 8.69. The van der Waals surface area contributed by atoms with Crippen molar-refractivity contribution in [3.8, 4) is 0 Å². The molecule has 174 valence electrons. The van der Waals surface area contributed by atoms with Crippen LogP contribution in [-0.4, -0.2) is 56.5 Å². The monoisotopic (exact) mass is 486 g/mol. The SMILES string of the molecule is COC(=O)[C@H](N)[C@H]1OB([C@@H](CC(=O)CNC(=O)c2cc(Cl)ccc2Cl)CC(C)C)OC1=O. The molecule has 3 atom stereocenters. The number of methoxy groups -OCH3 is 1. The fourth-order valence-electron chi connectivity index (χ4n) is 3.31. The molecule has 1 aliphatic rings. The summed E-state index contributed by atoms with van der Waals surface area (Å²) >= 11 is 11.9. The maximum Gasteiger partial charge on any atom is 0.531 e. The number of Topliss-reactive ketones (excluding diaryl/α,β-unsaturated/α-hetero) is 1. The van der Waals surface area contributed by atoms with Crippen LogP contribution in [0.3, 0.4) is 0 Å². The summed E-state index contributed by atoms with van der Waals surface area (Å²) < 4.78 is 15.4. The number of halogens is 2. The lowest BCUT2D eigenvalue weighted by atomic mass is 9.65. The molecular formula is C20H25BCl2N2O7. The third kappa shape index (κ3) is 6.93. The van der Waals surface area contributed by atoms with Crippen LogP contribution in [0.2, 0.25) is 15.9 Å². The van der Waals surface area contributed by atoms with Crippen molar-refractivity contribution in [1.29, 1.82) is 0 Å². The molecule has 0 radical (unpaired) electrons. The van der Waals surface area contributed by atoms with Gasteiger partial charge < -0.3 is 25.1 Å². The van der Waals surface area contributed by atoms with Crippen LogP contribution in [-0.2, 0) is 28.4 Å². The standard InChI is InChI=1S/C20H25BCl2N2O7/c1-10(2)6-11(21-31-17(20(29)32-21)16(24)19(28)30-3)7-13(26)9-25-18(27)14-8-12(22)4-5-15(14)23/h4-5,8,10-11,16-17H,6-7,9,24H2,1-3H3,(H,25,27)/t11-,16-,17-/m1/s1. The normalized spacial score (nSPS) is 17.7. The van der Waals surface area contributed by atoms with Crippen LogP contribution in [0.5, 0.6) is 0 Å². The zero-order valence-corrected chi connectivity index (χ0v) is 19.4. The number of nitrogens with two attached hydrogens (primary N) is 1. The summed E-state index contributed by atoms with van der Waals surface area (Å²) in [5.74, 6) is -2.79. The summed E-state index contributed by atoms with van der Waals surface area (Å²) in [6.45, 7) is 3.62. The molecule has 1 fully saturated rings. The zero-order chi connectivity index (χ0) is 24.0. The predicted molar refractivity (Wildman–Crippen MR) is 118 cm³/mol. The number of amides is 1. The molecule has 32 heavy (non-hydrogen) atoms. The summed E-state index contributed by atoms with van der Waals surface area (Å²) in [6, 6.07) is 3.10. The van der Waals surface area contributed by atoms with E-state index in [0.29, 0.717) is 11.4 Å². The van der Waals surface area contributed by atoms with Crippen molar-refractivity contribution in [2.45, 2.75) is 44.7 Å². The van der Waals surface area contributed by atoms with Crippen LogP contribution in [0.1, 0.15) is 37.0 Å². The summed E-state index contributed by atoms with van der Waals surface area (Å²) in [5.41, 5.74) is 5.86. The van der Waals surface area contributed by atoms with Gasteiger partial charge in [-0.3, -0.25) is 19.2 Å². The first kappa shape index (κ1) is 26.1. The molecule has 0 aromatic heterocycles. The molecule has 12 heteroatoms. The Kier molecular flexibility index (Phi) is 9.51. The van der Waals surface area contributed by atoms with Crippen molar-refractivity contribution in [3.05, 3.63) is 33.8 Å². The molecule has 9 nitrogen and oxygen atoms in total. The fourth-order valence-corrected chi connectivity index (χ4v) is 3.69. The van der Waals surface area contributed by atoms with Crippen LogP contribution >= 0.6 is 23.2 Å². The summed E-state index contributed by atoms with van der Waals surface area (Å²) in [4.78, 5) is 48.7. The number of ketones is 1. The fraction of sp³-hybridized carbons (Fsp3) is 0.500. The third-order valence-electron chi connectivity index (χ3n) is 4.81. The quantitative estimate of drug-likeness (QED) is 0.379. The Morgan fingerprint density at radius 1 is 1.28 bits per heavy atom. The van der Waals surface area contributed by atoms with E-state index in [9.17, 15) is 19.2 Å². The predicted octanol–water partition coefficient (Wildman–Crippen LogP) is 2.03. The van der Waals surface area contributed by atoms with Gasteiger partial charge in [0, 0.05) is 17.3 Å². The van der Waals surface area contributed by atoms with E-state index < -0.39 is 42.9 Å². The first-order valence-electron chi connectivity index (χ1n) is 9.97. The highest BCUT2D eigenvalue weighted by molar-refractivity contribution is 6.51. The van der Waals surface area contributed by atoms with Gasteiger partial charge in [-0.25, -0.2) is 0 Å². The van der Waals surface area contributed by atoms with Crippen molar-refractivity contribution < 1.29 is 33.2 Å². The van der Waals surface area contributed by atoms with Gasteiger partial charge in [-0.15, -0.1) is 0 Å². The van der Waals surface area contributed by atoms with Crippen molar-refractivity contribution in [1.82, 2.24) is 5.32 Å². The number of esters is 1. The molecule has 0 aliphatic carbocycles. The highest BCUT2D eigenvalue weighted by Crippen LogP contribution is 2.31. The van der Waals surface area contributed by atoms with E-state index in [1.807, 2.05) is 13.8 Å². The molecule has 0 saturated carbocycles. The van der Waals surface area contributed by atoms with Gasteiger partial charge in [0.1, 0.15) is 6.04 Å². The average molecular weight is 487 g/mol. The van der Waals surface area contributed by atoms with Crippen molar-refractivity contribution in [2.24, 2.45) is 11.7 Å². The van der Waals surface area contributed by atoms with Crippen LogP contribution in [0, 0.1) is 5.92 Å². The maximum atomic E-state index is 12.6. The Morgan fingerprint density at radius 2 is 1.97 bits per heavy atom. The highest BCUT2D eigenvalue weighted by Gasteiger charge is 2.49. The van der Waals surface area contributed by atoms with E-state index in [2.05, 4.69) is 10.1 Å². The van der Waals surface area contributed by atoms with E-state index in [1.54, 1.807) is 6.07 Å². The minimum Gasteiger partial charge on any atom is -0.507 e. The molecule has 1 aromatic rings. The molecule has 1 aromatic carbocycles. The van der Waals surface area contributed by atoms with E-state index in [4.69, 9.17) is 38.2 Å². The van der Waals surface area contributed by atoms with Gasteiger partial charge in [-0.05, 0) is 30.5 Å². The number of carbonyl (C=O) groups excluding carboxylic acids is 4. The second kappa shape index (κ2) is 11.6. The minimum atomic E-state index is -1.34. The van der Waals surface area contributed by atoms with Crippen LogP contribution < -0.4 is 11.1 Å². The van der Waals surface area contributed by atoms with E-state index in [-0.39, 0.29) is 35.3 Å². The molecule has 2 rings (SSSR count). The molecule has 1 amide bonds. The smallest absolute Gasteiger partial charge is 0.507 e. The zero-order valence-electron chi connectivity index (χ0n) is 17.9. The highest BCUT2D eigenvalue weighted by atomic mass is 35.5. The van der Waals surface area contributed by atoms with E-state index in [0.717, 1.165) is 7.11 Å². The van der Waals surface area contributed by atoms with E-state index >= 15 is 0 Å². The number of rotatable bonds is 10. The molecular weight excluding hydrogens is 462 g/mol. The van der Waals surface area contributed by atoms with Gasteiger partial charge in [-0.2, -0.15) is 0 Å². The number of benzene rings is 1. The Bertz CT molecular complexity index is 884. The van der Waals surface area contributed by atoms with Gasteiger partial charge in [0.15, 0.2) is 11.9 Å². The van der Waals surface area contributed by atoms with Crippen molar-refractivity contribution in [3.63, 3.8) is 0 Å². The van der Waals surface area contributed by atoms with Gasteiger partial charge in [0.2, 0.25) is 0 Å². The second-order valence-electron chi connectivity index (χ2n) is 7.85. The van der Waals surface area contributed by atoms with Crippen molar-refractivity contribution >= 4 is 53.9 Å². The van der Waals surface area contributed by atoms with Gasteiger partial charge in [0.05, 0.1) is 24.2 Å². The van der Waals surface area contributed by atoms with Crippen LogP contribution in [0.4, 0.5) is 0 Å². The minimum absolute atomic E-state index is 0.0279. The Morgan fingerprint density at radius 3 is 2.59 bits per heavy atom. The third-order valence-corrected chi connectivity index (χ3v) is 5.38. The molecule has 3 N–H and O–H groups in total. The Labute approximate surface area is 196 Å². The summed E-state index contributed by atoms with van der Waals surface area (Å²) in [5, 5.41) is 3.05. The molecule has 1 aliphatic heterocycles. The Hall–Kier alpha value is -2.14. The lowest BCUT2D eigenvalue weighted by Gasteiger charge is -2.20.